The number of benzene rings is 4. The van der Waals surface area contributed by atoms with Crippen molar-refractivity contribution in [2.45, 2.75) is 64.5 Å². The maximum atomic E-state index is 14.8. The van der Waals surface area contributed by atoms with Crippen LogP contribution in [0.5, 0.6) is 34.5 Å². The van der Waals surface area contributed by atoms with Gasteiger partial charge in [0.05, 0.1) is 62.1 Å². The van der Waals surface area contributed by atoms with E-state index in [0.29, 0.717) is 118 Å². The van der Waals surface area contributed by atoms with Crippen LogP contribution in [0.25, 0.3) is 44.3 Å². The van der Waals surface area contributed by atoms with Crippen LogP contribution >= 0.6 is 0 Å². The highest BCUT2D eigenvalue weighted by molar-refractivity contribution is 6.32. The molecule has 8 heterocycles. The summed E-state index contributed by atoms with van der Waals surface area (Å²) in [5, 5.41) is 1.03. The topological polar surface area (TPSA) is 172 Å². The first kappa shape index (κ1) is 55.8. The molecule has 0 atom stereocenters. The Bertz CT molecular complexity index is 3440. The summed E-state index contributed by atoms with van der Waals surface area (Å²) in [5.74, 6) is -0.0253. The molecule has 0 aliphatic carbocycles. The molecule has 4 aliphatic rings. The van der Waals surface area contributed by atoms with Crippen molar-refractivity contribution < 1.29 is 47.6 Å². The number of carbonyl (C=O) groups is 4. The van der Waals surface area contributed by atoms with Crippen LogP contribution in [0.3, 0.4) is 0 Å². The quantitative estimate of drug-likeness (QED) is 0.0521. The predicted molar refractivity (Wildman–Crippen MR) is 318 cm³/mol. The zero-order valence-electron chi connectivity index (χ0n) is 47.8. The fourth-order valence-electron chi connectivity index (χ4n) is 12.3. The molecule has 0 bridgehead atoms. The lowest BCUT2D eigenvalue weighted by atomic mass is 10.1. The van der Waals surface area contributed by atoms with Crippen LogP contribution in [0.4, 0.5) is 0 Å². The van der Waals surface area contributed by atoms with E-state index < -0.39 is 11.9 Å². The SMILES string of the molecule is COc1cc(C(=O)N2CCCC2)ccc1Cn1c(-c2ccc(OCCN3CCCC3)cc2)c(OC(=O)C(=O)Oc2c(-c3ccc(OCCN4CCCC4)cc3)n(Cc3ccc(C(=O)N4CCCC4)cc3OC)c3cnccc23)c2ccncc21. The van der Waals surface area contributed by atoms with Crippen LogP contribution < -0.4 is 28.4 Å². The molecule has 4 aromatic heterocycles. The van der Waals surface area contributed by atoms with E-state index in [2.05, 4.69) is 19.8 Å². The number of hydrogen-bond acceptors (Lipinski definition) is 14. The summed E-state index contributed by atoms with van der Waals surface area (Å²) < 4.78 is 41.1. The summed E-state index contributed by atoms with van der Waals surface area (Å²) in [6, 6.07) is 29.6. The number of aromatic nitrogens is 4. The number of carbonyl (C=O) groups excluding carboxylic acids is 4. The molecular formula is C66H70N8O10. The van der Waals surface area contributed by atoms with E-state index in [-0.39, 0.29) is 36.4 Å². The van der Waals surface area contributed by atoms with Crippen molar-refractivity contribution >= 4 is 45.6 Å². The second-order valence-corrected chi connectivity index (χ2v) is 22.0. The Kier molecular flexibility index (Phi) is 16.9. The van der Waals surface area contributed by atoms with Gasteiger partial charge >= 0.3 is 11.9 Å². The minimum absolute atomic E-state index is 0.0474. The van der Waals surface area contributed by atoms with E-state index in [1.165, 1.54) is 25.7 Å². The highest BCUT2D eigenvalue weighted by Crippen LogP contribution is 2.44. The monoisotopic (exact) mass is 1130 g/mol. The average molecular weight is 1140 g/mol. The predicted octanol–water partition coefficient (Wildman–Crippen LogP) is 9.77. The average Bonchev–Trinajstić information content (AvgIpc) is 2.38. The van der Waals surface area contributed by atoms with Gasteiger partial charge in [-0.15, -0.1) is 0 Å². The normalized spacial score (nSPS) is 15.5. The summed E-state index contributed by atoms with van der Waals surface area (Å²) >= 11 is 0. The number of fused-ring (bicyclic) bond motifs is 2. The number of nitrogens with zero attached hydrogens (tertiary/aromatic N) is 8. The van der Waals surface area contributed by atoms with Gasteiger partial charge in [-0.25, -0.2) is 9.59 Å². The Morgan fingerprint density at radius 2 is 0.845 bits per heavy atom. The van der Waals surface area contributed by atoms with Crippen molar-refractivity contribution in [2.75, 3.05) is 92.9 Å². The second kappa shape index (κ2) is 25.4. The van der Waals surface area contributed by atoms with Crippen molar-refractivity contribution in [2.24, 2.45) is 0 Å². The van der Waals surface area contributed by atoms with Gasteiger partial charge in [-0.3, -0.25) is 29.4 Å². The second-order valence-electron chi connectivity index (χ2n) is 22.0. The molecule has 4 aliphatic heterocycles. The van der Waals surface area contributed by atoms with Crippen LogP contribution in [-0.2, 0) is 22.7 Å². The molecule has 0 unspecified atom stereocenters. The highest BCUT2D eigenvalue weighted by atomic mass is 16.6. The Labute approximate surface area is 488 Å². The lowest BCUT2D eigenvalue weighted by Crippen LogP contribution is -2.27. The van der Waals surface area contributed by atoms with Crippen LogP contribution in [0.2, 0.25) is 0 Å². The number of hydrogen-bond donors (Lipinski definition) is 0. The number of esters is 2. The lowest BCUT2D eigenvalue weighted by molar-refractivity contribution is -0.156. The Morgan fingerprint density at radius 3 is 1.23 bits per heavy atom. The molecule has 18 heteroatoms. The first-order valence-corrected chi connectivity index (χ1v) is 29.4. The van der Waals surface area contributed by atoms with Crippen LogP contribution in [0.15, 0.2) is 122 Å². The van der Waals surface area contributed by atoms with Gasteiger partial charge in [-0.2, -0.15) is 0 Å². The van der Waals surface area contributed by atoms with Gasteiger partial charge in [0, 0.05) is 95.8 Å². The van der Waals surface area contributed by atoms with E-state index in [1.54, 1.807) is 63.3 Å². The molecule has 0 N–H and O–H groups in total. The summed E-state index contributed by atoms with van der Waals surface area (Å²) in [6.45, 7) is 10.3. The number of amides is 2. The van der Waals surface area contributed by atoms with E-state index in [9.17, 15) is 19.2 Å². The molecule has 4 aromatic carbocycles. The van der Waals surface area contributed by atoms with Gasteiger partial charge < -0.3 is 47.4 Å². The van der Waals surface area contributed by atoms with Crippen molar-refractivity contribution in [1.82, 2.24) is 38.7 Å². The van der Waals surface area contributed by atoms with Gasteiger partial charge in [0.2, 0.25) is 0 Å². The molecular weight excluding hydrogens is 1060 g/mol. The smallest absolute Gasteiger partial charge is 0.423 e. The largest absolute Gasteiger partial charge is 0.496 e. The molecule has 434 valence electrons. The van der Waals surface area contributed by atoms with E-state index in [4.69, 9.17) is 28.4 Å². The molecule has 2 amide bonds. The number of pyridine rings is 2. The maximum absolute atomic E-state index is 14.8. The minimum atomic E-state index is -1.26. The number of ether oxygens (including phenoxy) is 6. The standard InChI is InChI=1S/C66H70N8O10/c1-79-57-39-47(63(75)71-31-7-8-32-71)11-13-49(57)43-73-55-41-67-25-23-53(55)61(59(73)45-15-19-51(20-16-45)81-37-35-69-27-3-4-28-69)83-65(77)66(78)84-62-54-24-26-68-42-56(54)74(44-50-14-12-48(40-58(50)80-2)64(76)72-33-9-10-34-72)60(62)46-17-21-52(22-18-46)82-38-36-70-29-5-6-30-70/h11-26,39-42H,3-10,27-38,43-44H2,1-2H3. The lowest BCUT2D eigenvalue weighted by Gasteiger charge is -2.18. The summed E-state index contributed by atoms with van der Waals surface area (Å²) in [7, 11) is 3.15. The van der Waals surface area contributed by atoms with Gasteiger partial charge in [0.25, 0.3) is 11.8 Å². The van der Waals surface area contributed by atoms with E-state index in [1.807, 2.05) is 91.7 Å². The number of methoxy groups -OCH3 is 2. The highest BCUT2D eigenvalue weighted by Gasteiger charge is 2.32. The van der Waals surface area contributed by atoms with Gasteiger partial charge in [0.1, 0.15) is 36.2 Å². The van der Waals surface area contributed by atoms with Gasteiger partial charge in [-0.05, 0) is 162 Å². The molecule has 0 spiro atoms. The van der Waals surface area contributed by atoms with Crippen molar-refractivity contribution in [3.8, 4) is 57.0 Å². The fraction of sp³-hybridized carbons (Fsp3) is 0.364. The van der Waals surface area contributed by atoms with Crippen LogP contribution in [0, 0.1) is 0 Å². The Balaban J connectivity index is 0.896. The Hall–Kier alpha value is -8.74. The van der Waals surface area contributed by atoms with Crippen LogP contribution in [-0.4, -0.2) is 155 Å². The third-order valence-corrected chi connectivity index (χ3v) is 16.7. The zero-order valence-corrected chi connectivity index (χ0v) is 47.8. The third kappa shape index (κ3) is 11.9. The molecule has 12 rings (SSSR count). The fourth-order valence-corrected chi connectivity index (χ4v) is 12.3. The first-order chi connectivity index (χ1) is 41.2. The molecule has 0 saturated carbocycles. The van der Waals surface area contributed by atoms with E-state index >= 15 is 0 Å². The molecule has 0 radical (unpaired) electrons. The van der Waals surface area contributed by atoms with Crippen molar-refractivity contribution in [1.29, 1.82) is 0 Å². The van der Waals surface area contributed by atoms with Crippen LogP contribution in [0.1, 0.15) is 83.2 Å². The Morgan fingerprint density at radius 1 is 0.464 bits per heavy atom. The van der Waals surface area contributed by atoms with Crippen molar-refractivity contribution in [3.05, 3.63) is 144 Å². The minimum Gasteiger partial charge on any atom is -0.496 e. The van der Waals surface area contributed by atoms with Gasteiger partial charge in [-0.1, -0.05) is 12.1 Å². The van der Waals surface area contributed by atoms with Gasteiger partial charge in [0.15, 0.2) is 11.5 Å². The summed E-state index contributed by atoms with van der Waals surface area (Å²) in [5.41, 5.74) is 6.08. The molecule has 4 saturated heterocycles. The van der Waals surface area contributed by atoms with Crippen molar-refractivity contribution in [3.63, 3.8) is 0 Å². The molecule has 84 heavy (non-hydrogen) atoms. The first-order valence-electron chi connectivity index (χ1n) is 29.4. The van der Waals surface area contributed by atoms with E-state index in [0.717, 1.165) is 76.1 Å². The molecule has 4 fully saturated rings. The molecule has 8 aromatic rings. The summed E-state index contributed by atoms with van der Waals surface area (Å²) in [6.07, 6.45) is 15.2. The number of rotatable bonds is 20. The number of likely N-dealkylation sites (tertiary alicyclic amines) is 4. The zero-order chi connectivity index (χ0) is 57.5. The maximum Gasteiger partial charge on any atom is 0.423 e. The third-order valence-electron chi connectivity index (χ3n) is 16.7. The molecule has 18 nitrogen and oxygen atoms in total. The summed E-state index contributed by atoms with van der Waals surface area (Å²) in [4.78, 5) is 74.3.